The summed E-state index contributed by atoms with van der Waals surface area (Å²) in [6, 6.07) is 7.78. The van der Waals surface area contributed by atoms with Gasteiger partial charge < -0.3 is 10.5 Å². The van der Waals surface area contributed by atoms with Crippen molar-refractivity contribution in [3.8, 4) is 11.6 Å². The Labute approximate surface area is 132 Å². The molecule has 2 rings (SSSR count). The minimum Gasteiger partial charge on any atom is -0.438 e. The molecule has 0 amide bonds. The van der Waals surface area contributed by atoms with Crippen LogP contribution in [0, 0.1) is 20.8 Å². The second kappa shape index (κ2) is 5.89. The van der Waals surface area contributed by atoms with Gasteiger partial charge in [0.15, 0.2) is 0 Å². The maximum absolute atomic E-state index is 5.94. The van der Waals surface area contributed by atoms with Gasteiger partial charge in [-0.1, -0.05) is 34.2 Å². The van der Waals surface area contributed by atoms with E-state index in [1.54, 1.807) is 0 Å². The van der Waals surface area contributed by atoms with E-state index in [-0.39, 0.29) is 4.99 Å². The standard InChI is InChI=1S/C15H15BrN2OS/c1-8-4-5-11(16)7-12(8)19-15-13(14(17)20)9(2)6-10(3)18-15/h4-7H,1-3H3,(H2,17,20). The smallest absolute Gasteiger partial charge is 0.230 e. The van der Waals surface area contributed by atoms with Gasteiger partial charge in [0, 0.05) is 10.2 Å². The molecule has 0 fully saturated rings. The molecular weight excluding hydrogens is 336 g/mol. The first-order valence-corrected chi connectivity index (χ1v) is 7.30. The zero-order valence-corrected chi connectivity index (χ0v) is 13.9. The predicted octanol–water partition coefficient (Wildman–Crippen LogP) is 4.20. The minimum absolute atomic E-state index is 0.289. The SMILES string of the molecule is Cc1cc(C)c(C(N)=S)c(Oc2cc(Br)ccc2C)n1. The predicted molar refractivity (Wildman–Crippen MR) is 88.6 cm³/mol. The molecule has 0 aliphatic carbocycles. The molecule has 0 spiro atoms. The van der Waals surface area contributed by atoms with Crippen LogP contribution in [-0.2, 0) is 0 Å². The zero-order chi connectivity index (χ0) is 14.9. The molecule has 1 heterocycles. The maximum Gasteiger partial charge on any atom is 0.230 e. The third-order valence-electron chi connectivity index (χ3n) is 2.91. The van der Waals surface area contributed by atoms with Crippen LogP contribution in [0.4, 0.5) is 0 Å². The molecule has 2 aromatic rings. The normalized spacial score (nSPS) is 10.4. The Morgan fingerprint density at radius 1 is 1.20 bits per heavy atom. The van der Waals surface area contributed by atoms with E-state index in [9.17, 15) is 0 Å². The summed E-state index contributed by atoms with van der Waals surface area (Å²) < 4.78 is 6.88. The minimum atomic E-state index is 0.289. The Morgan fingerprint density at radius 2 is 1.90 bits per heavy atom. The quantitative estimate of drug-likeness (QED) is 0.842. The number of thiocarbonyl (C=S) groups is 1. The second-order valence-corrected chi connectivity index (χ2v) is 5.99. The summed E-state index contributed by atoms with van der Waals surface area (Å²) in [6.45, 7) is 5.84. The molecule has 0 saturated carbocycles. The van der Waals surface area contributed by atoms with Gasteiger partial charge in [-0.15, -0.1) is 0 Å². The van der Waals surface area contributed by atoms with Crippen molar-refractivity contribution in [1.82, 2.24) is 4.98 Å². The third kappa shape index (κ3) is 3.16. The Morgan fingerprint density at radius 3 is 2.55 bits per heavy atom. The van der Waals surface area contributed by atoms with E-state index in [0.717, 1.165) is 27.0 Å². The summed E-state index contributed by atoms with van der Waals surface area (Å²) in [4.78, 5) is 4.71. The van der Waals surface area contributed by atoms with E-state index < -0.39 is 0 Å². The van der Waals surface area contributed by atoms with Crippen LogP contribution in [0.15, 0.2) is 28.7 Å². The summed E-state index contributed by atoms with van der Waals surface area (Å²) in [5.74, 6) is 1.19. The summed E-state index contributed by atoms with van der Waals surface area (Å²) in [5, 5.41) is 0. The van der Waals surface area contributed by atoms with E-state index in [2.05, 4.69) is 20.9 Å². The highest BCUT2D eigenvalue weighted by molar-refractivity contribution is 9.10. The van der Waals surface area contributed by atoms with Crippen molar-refractivity contribution in [1.29, 1.82) is 0 Å². The number of aromatic nitrogens is 1. The van der Waals surface area contributed by atoms with Crippen molar-refractivity contribution in [2.24, 2.45) is 5.73 Å². The molecule has 5 heteroatoms. The molecule has 2 N–H and O–H groups in total. The molecule has 104 valence electrons. The second-order valence-electron chi connectivity index (χ2n) is 4.64. The van der Waals surface area contributed by atoms with Gasteiger partial charge in [-0.05, 0) is 50.1 Å². The lowest BCUT2D eigenvalue weighted by atomic mass is 10.1. The van der Waals surface area contributed by atoms with Crippen molar-refractivity contribution in [2.45, 2.75) is 20.8 Å². The lowest BCUT2D eigenvalue weighted by Crippen LogP contribution is -2.14. The highest BCUT2D eigenvalue weighted by atomic mass is 79.9. The molecule has 0 unspecified atom stereocenters. The first-order valence-electron chi connectivity index (χ1n) is 6.10. The lowest BCUT2D eigenvalue weighted by molar-refractivity contribution is 0.456. The number of pyridine rings is 1. The van der Waals surface area contributed by atoms with E-state index >= 15 is 0 Å². The van der Waals surface area contributed by atoms with Crippen LogP contribution in [-0.4, -0.2) is 9.97 Å². The lowest BCUT2D eigenvalue weighted by Gasteiger charge is -2.14. The van der Waals surface area contributed by atoms with E-state index in [1.807, 2.05) is 45.0 Å². The number of nitrogens with zero attached hydrogens (tertiary/aromatic N) is 1. The van der Waals surface area contributed by atoms with Gasteiger partial charge in [-0.3, -0.25) is 0 Å². The fourth-order valence-corrected chi connectivity index (χ4v) is 2.55. The number of ether oxygens (including phenoxy) is 1. The van der Waals surface area contributed by atoms with Gasteiger partial charge in [0.25, 0.3) is 0 Å². The Bertz CT molecular complexity index is 686. The maximum atomic E-state index is 5.94. The highest BCUT2D eigenvalue weighted by Gasteiger charge is 2.14. The summed E-state index contributed by atoms with van der Waals surface area (Å²) >= 11 is 8.54. The molecule has 3 nitrogen and oxygen atoms in total. The average Bonchev–Trinajstić information content (AvgIpc) is 2.32. The molecule has 0 aliphatic heterocycles. The van der Waals surface area contributed by atoms with E-state index in [1.165, 1.54) is 0 Å². The number of halogens is 1. The van der Waals surface area contributed by atoms with Gasteiger partial charge in [0.2, 0.25) is 5.88 Å². The third-order valence-corrected chi connectivity index (χ3v) is 3.61. The first-order chi connectivity index (χ1) is 9.38. The molecule has 0 atom stereocenters. The van der Waals surface area contributed by atoms with Crippen LogP contribution in [0.3, 0.4) is 0 Å². The molecule has 1 aromatic heterocycles. The Balaban J connectivity index is 2.53. The molecule has 0 radical (unpaired) electrons. The van der Waals surface area contributed by atoms with Crippen molar-refractivity contribution < 1.29 is 4.74 Å². The number of hydrogen-bond donors (Lipinski definition) is 1. The monoisotopic (exact) mass is 350 g/mol. The molecular formula is C15H15BrN2OS. The van der Waals surface area contributed by atoms with Crippen LogP contribution in [0.25, 0.3) is 0 Å². The Hall–Kier alpha value is -1.46. The van der Waals surface area contributed by atoms with E-state index in [0.29, 0.717) is 11.4 Å². The van der Waals surface area contributed by atoms with Crippen molar-refractivity contribution in [3.63, 3.8) is 0 Å². The number of benzene rings is 1. The van der Waals surface area contributed by atoms with Crippen molar-refractivity contribution in [3.05, 3.63) is 51.1 Å². The molecule has 0 saturated heterocycles. The fraction of sp³-hybridized carbons (Fsp3) is 0.200. The van der Waals surface area contributed by atoms with Crippen LogP contribution in [0.1, 0.15) is 22.4 Å². The largest absolute Gasteiger partial charge is 0.438 e. The fourth-order valence-electron chi connectivity index (χ4n) is 1.96. The number of aryl methyl sites for hydroxylation is 3. The van der Waals surface area contributed by atoms with Gasteiger partial charge in [-0.25, -0.2) is 4.98 Å². The van der Waals surface area contributed by atoms with Crippen LogP contribution in [0.5, 0.6) is 11.6 Å². The van der Waals surface area contributed by atoms with Crippen LogP contribution in [0.2, 0.25) is 0 Å². The first kappa shape index (κ1) is 14.9. The summed E-state index contributed by atoms with van der Waals surface area (Å²) in [7, 11) is 0. The van der Waals surface area contributed by atoms with Gasteiger partial charge >= 0.3 is 0 Å². The van der Waals surface area contributed by atoms with Crippen molar-refractivity contribution >= 4 is 33.1 Å². The zero-order valence-electron chi connectivity index (χ0n) is 11.5. The van der Waals surface area contributed by atoms with Gasteiger partial charge in [0.05, 0.1) is 5.56 Å². The molecule has 20 heavy (non-hydrogen) atoms. The molecule has 0 bridgehead atoms. The summed E-state index contributed by atoms with van der Waals surface area (Å²) in [6.07, 6.45) is 0. The summed E-state index contributed by atoms with van der Waals surface area (Å²) in [5.41, 5.74) is 9.32. The Kier molecular flexibility index (Phi) is 4.40. The van der Waals surface area contributed by atoms with Crippen LogP contribution < -0.4 is 10.5 Å². The van der Waals surface area contributed by atoms with Gasteiger partial charge in [0.1, 0.15) is 10.7 Å². The number of hydrogen-bond acceptors (Lipinski definition) is 3. The van der Waals surface area contributed by atoms with Crippen LogP contribution >= 0.6 is 28.1 Å². The molecule has 0 aliphatic rings. The number of nitrogens with two attached hydrogens (primary N) is 1. The highest BCUT2D eigenvalue weighted by Crippen LogP contribution is 2.30. The van der Waals surface area contributed by atoms with Gasteiger partial charge in [-0.2, -0.15) is 0 Å². The topological polar surface area (TPSA) is 48.1 Å². The number of rotatable bonds is 3. The van der Waals surface area contributed by atoms with E-state index in [4.69, 9.17) is 22.7 Å². The van der Waals surface area contributed by atoms with Crippen molar-refractivity contribution in [2.75, 3.05) is 0 Å². The average molecular weight is 351 g/mol. The molecule has 1 aromatic carbocycles.